The Morgan fingerprint density at radius 1 is 0.288 bits per heavy atom. The fraction of sp³-hybridized carbons (Fsp3) is 0. The summed E-state index contributed by atoms with van der Waals surface area (Å²) in [6, 6.07) is 72.1. The Kier molecular flexibility index (Phi) is 8.64. The molecule has 11 rings (SSSR count). The third-order valence-corrected chi connectivity index (χ3v) is 12.0. The van der Waals surface area contributed by atoms with Crippen molar-refractivity contribution in [3.05, 3.63) is 206 Å². The number of fused-ring (bicyclic) bond motifs is 4. The third kappa shape index (κ3) is 6.54. The van der Waals surface area contributed by atoms with E-state index in [-0.39, 0.29) is 0 Å². The fourth-order valence-corrected chi connectivity index (χ4v) is 9.10. The van der Waals surface area contributed by atoms with Gasteiger partial charge in [-0.15, -0.1) is 11.3 Å². The summed E-state index contributed by atoms with van der Waals surface area (Å²) < 4.78 is 2.32. The zero-order valence-electron chi connectivity index (χ0n) is 31.8. The summed E-state index contributed by atoms with van der Waals surface area (Å²) in [5.41, 5.74) is 16.4. The van der Waals surface area contributed by atoms with E-state index < -0.39 is 0 Å². The molecular weight excluding hydrogens is 737 g/mol. The predicted octanol–water partition coefficient (Wildman–Crippen LogP) is 14.5. The SMILES string of the molecule is c1ccc(-c2nc3ccccc3nc2-c2cccc(-c3cccc(-c4cccc(-c5cccc(-c6nc(-c7ccccc7)c7sc8ccccc8c7n6)c5)c4)c3)c2)cc1. The van der Waals surface area contributed by atoms with E-state index in [1.165, 1.54) is 4.70 Å². The molecule has 3 heterocycles. The van der Waals surface area contributed by atoms with Crippen molar-refractivity contribution < 1.29 is 0 Å². The first-order valence-electron chi connectivity index (χ1n) is 19.7. The molecule has 0 aliphatic carbocycles. The molecule has 0 spiro atoms. The molecule has 0 saturated carbocycles. The highest BCUT2D eigenvalue weighted by atomic mass is 32.1. The van der Waals surface area contributed by atoms with Gasteiger partial charge in [-0.25, -0.2) is 19.9 Å². The van der Waals surface area contributed by atoms with Crippen molar-refractivity contribution in [1.29, 1.82) is 0 Å². The minimum Gasteiger partial charge on any atom is -0.244 e. The average molecular weight is 771 g/mol. The van der Waals surface area contributed by atoms with Crippen molar-refractivity contribution in [3.63, 3.8) is 0 Å². The third-order valence-electron chi connectivity index (χ3n) is 10.9. The van der Waals surface area contributed by atoms with Gasteiger partial charge in [-0.1, -0.05) is 164 Å². The number of rotatable bonds is 7. The summed E-state index contributed by atoms with van der Waals surface area (Å²) in [6.07, 6.45) is 0. The van der Waals surface area contributed by atoms with Crippen LogP contribution in [0.1, 0.15) is 0 Å². The second-order valence-corrected chi connectivity index (χ2v) is 15.7. The molecule has 59 heavy (non-hydrogen) atoms. The Labute approximate surface area is 345 Å². The Hall–Kier alpha value is -7.60. The van der Waals surface area contributed by atoms with E-state index in [0.29, 0.717) is 0 Å². The average Bonchev–Trinajstić information content (AvgIpc) is 3.70. The summed E-state index contributed by atoms with van der Waals surface area (Å²) in [5, 5.41) is 1.16. The van der Waals surface area contributed by atoms with E-state index in [0.717, 1.165) is 105 Å². The zero-order valence-corrected chi connectivity index (χ0v) is 32.6. The Morgan fingerprint density at radius 3 is 1.27 bits per heavy atom. The lowest BCUT2D eigenvalue weighted by Gasteiger charge is -2.13. The van der Waals surface area contributed by atoms with Crippen molar-refractivity contribution in [3.8, 4) is 78.5 Å². The Bertz CT molecular complexity index is 3340. The maximum atomic E-state index is 5.23. The molecule has 0 atom stereocenters. The van der Waals surface area contributed by atoms with Crippen molar-refractivity contribution in [1.82, 2.24) is 19.9 Å². The van der Waals surface area contributed by atoms with E-state index in [4.69, 9.17) is 19.9 Å². The van der Waals surface area contributed by atoms with Gasteiger partial charge in [0.1, 0.15) is 0 Å². The quantitative estimate of drug-likeness (QED) is 0.162. The van der Waals surface area contributed by atoms with Crippen LogP contribution in [0.4, 0.5) is 0 Å². The smallest absolute Gasteiger partial charge is 0.160 e. The van der Waals surface area contributed by atoms with Crippen LogP contribution in [0.5, 0.6) is 0 Å². The highest BCUT2D eigenvalue weighted by Crippen LogP contribution is 2.40. The maximum absolute atomic E-state index is 5.23. The molecular formula is C54H34N4S. The van der Waals surface area contributed by atoms with Gasteiger partial charge in [0.05, 0.1) is 38.3 Å². The molecule has 3 aromatic heterocycles. The Balaban J connectivity index is 0.948. The predicted molar refractivity (Wildman–Crippen MR) is 246 cm³/mol. The number of para-hydroxylation sites is 2. The van der Waals surface area contributed by atoms with E-state index in [9.17, 15) is 0 Å². The number of aromatic nitrogens is 4. The van der Waals surface area contributed by atoms with Crippen LogP contribution in [-0.4, -0.2) is 19.9 Å². The number of hydrogen-bond acceptors (Lipinski definition) is 5. The molecule has 0 unspecified atom stereocenters. The van der Waals surface area contributed by atoms with Gasteiger partial charge in [0.15, 0.2) is 5.82 Å². The normalized spacial score (nSPS) is 11.4. The van der Waals surface area contributed by atoms with Crippen molar-refractivity contribution >= 4 is 42.7 Å². The van der Waals surface area contributed by atoms with E-state index in [1.807, 2.05) is 48.5 Å². The van der Waals surface area contributed by atoms with Crippen molar-refractivity contribution in [2.45, 2.75) is 0 Å². The minimum absolute atomic E-state index is 0.721. The maximum Gasteiger partial charge on any atom is 0.160 e. The molecule has 0 saturated heterocycles. The van der Waals surface area contributed by atoms with Gasteiger partial charge in [0.2, 0.25) is 0 Å². The van der Waals surface area contributed by atoms with Crippen LogP contribution in [0.15, 0.2) is 206 Å². The summed E-state index contributed by atoms with van der Waals surface area (Å²) in [6.45, 7) is 0. The molecule has 0 radical (unpaired) electrons. The monoisotopic (exact) mass is 770 g/mol. The molecule has 276 valence electrons. The highest BCUT2D eigenvalue weighted by Gasteiger charge is 2.18. The summed E-state index contributed by atoms with van der Waals surface area (Å²) in [5.74, 6) is 0.721. The van der Waals surface area contributed by atoms with E-state index in [2.05, 4.69) is 158 Å². The number of benzene rings is 8. The van der Waals surface area contributed by atoms with Crippen LogP contribution < -0.4 is 0 Å². The highest BCUT2D eigenvalue weighted by molar-refractivity contribution is 7.26. The topological polar surface area (TPSA) is 51.6 Å². The van der Waals surface area contributed by atoms with Gasteiger partial charge in [-0.2, -0.15) is 0 Å². The van der Waals surface area contributed by atoms with Gasteiger partial charge < -0.3 is 0 Å². The second-order valence-electron chi connectivity index (χ2n) is 14.6. The standard InChI is InChI=1S/C54H34N4S/c1-3-15-35(16-4-1)49-50(56-47-29-9-8-28-46(47)55-49)43-25-13-23-41(33-43)39-21-11-19-37(31-39)38-20-12-22-40(32-38)42-24-14-26-44(34-42)54-57-51(36-17-5-2-6-18-36)53-52(58-54)45-27-7-10-30-48(45)59-53/h1-34H. The second kappa shape index (κ2) is 14.7. The van der Waals surface area contributed by atoms with Gasteiger partial charge in [0, 0.05) is 32.3 Å². The van der Waals surface area contributed by atoms with Crippen LogP contribution in [0.25, 0.3) is 110 Å². The van der Waals surface area contributed by atoms with Gasteiger partial charge in [-0.05, 0) is 75.8 Å². The van der Waals surface area contributed by atoms with E-state index in [1.54, 1.807) is 11.3 Å². The van der Waals surface area contributed by atoms with Crippen LogP contribution in [0.3, 0.4) is 0 Å². The largest absolute Gasteiger partial charge is 0.244 e. The van der Waals surface area contributed by atoms with Crippen LogP contribution in [0, 0.1) is 0 Å². The molecule has 0 bridgehead atoms. The molecule has 0 aliphatic rings. The minimum atomic E-state index is 0.721. The number of nitrogens with zero attached hydrogens (tertiary/aromatic N) is 4. The van der Waals surface area contributed by atoms with Crippen LogP contribution in [0.2, 0.25) is 0 Å². The lowest BCUT2D eigenvalue weighted by Crippen LogP contribution is -1.95. The van der Waals surface area contributed by atoms with Gasteiger partial charge >= 0.3 is 0 Å². The first-order valence-corrected chi connectivity index (χ1v) is 20.5. The molecule has 0 aliphatic heterocycles. The molecule has 8 aromatic carbocycles. The molecule has 0 N–H and O–H groups in total. The molecule has 11 aromatic rings. The van der Waals surface area contributed by atoms with E-state index >= 15 is 0 Å². The molecule has 0 fully saturated rings. The summed E-state index contributed by atoms with van der Waals surface area (Å²) in [4.78, 5) is 20.7. The number of hydrogen-bond donors (Lipinski definition) is 0. The lowest BCUT2D eigenvalue weighted by atomic mass is 9.94. The first kappa shape index (κ1) is 34.6. The molecule has 5 heteroatoms. The van der Waals surface area contributed by atoms with Crippen LogP contribution in [-0.2, 0) is 0 Å². The van der Waals surface area contributed by atoms with Crippen molar-refractivity contribution in [2.24, 2.45) is 0 Å². The Morgan fingerprint density at radius 2 is 0.695 bits per heavy atom. The van der Waals surface area contributed by atoms with Gasteiger partial charge in [-0.3, -0.25) is 0 Å². The molecule has 0 amide bonds. The fourth-order valence-electron chi connectivity index (χ4n) is 7.95. The van der Waals surface area contributed by atoms with Gasteiger partial charge in [0.25, 0.3) is 0 Å². The lowest BCUT2D eigenvalue weighted by molar-refractivity contribution is 1.24. The zero-order chi connectivity index (χ0) is 39.1. The van der Waals surface area contributed by atoms with Crippen molar-refractivity contribution in [2.75, 3.05) is 0 Å². The number of thiophene rings is 1. The molecule has 4 nitrogen and oxygen atoms in total. The first-order chi connectivity index (χ1) is 29.2. The van der Waals surface area contributed by atoms with Crippen LogP contribution >= 0.6 is 11.3 Å². The summed E-state index contributed by atoms with van der Waals surface area (Å²) in [7, 11) is 0. The summed E-state index contributed by atoms with van der Waals surface area (Å²) >= 11 is 1.76.